The van der Waals surface area contributed by atoms with Gasteiger partial charge in [0.05, 0.1) is 11.1 Å². The van der Waals surface area contributed by atoms with E-state index in [1.807, 2.05) is 12.1 Å². The second-order valence-electron chi connectivity index (χ2n) is 15.0. The summed E-state index contributed by atoms with van der Waals surface area (Å²) in [5.74, 6) is -0.603. The van der Waals surface area contributed by atoms with Crippen molar-refractivity contribution in [3.8, 4) is 5.75 Å². The highest BCUT2D eigenvalue weighted by molar-refractivity contribution is 6.55. The SMILES string of the molecule is CCCCCCCCCCCCN(CCCCCCCCCCCC)c1ccc(C2=c3ccc(=C4C(=O)c5ccccc5C4=O)cc3OC2=O)cc1. The summed E-state index contributed by atoms with van der Waals surface area (Å²) in [6.07, 6.45) is 26.6. The summed E-state index contributed by atoms with van der Waals surface area (Å²) in [6.45, 7) is 6.66. The number of carbonyl (C=O) groups is 3. The molecule has 2 aliphatic rings. The summed E-state index contributed by atoms with van der Waals surface area (Å²) in [4.78, 5) is 42.0. The Labute approximate surface area is 312 Å². The number of nitrogens with zero attached hydrogens (tertiary/aromatic N) is 1. The zero-order valence-corrected chi connectivity index (χ0v) is 32.0. The van der Waals surface area contributed by atoms with Crippen molar-refractivity contribution in [2.75, 3.05) is 18.0 Å². The number of ether oxygens (including phenoxy) is 1. The molecule has 1 aliphatic carbocycles. The van der Waals surface area contributed by atoms with Crippen LogP contribution in [0.15, 0.2) is 66.7 Å². The second-order valence-corrected chi connectivity index (χ2v) is 15.0. The third-order valence-corrected chi connectivity index (χ3v) is 10.9. The Bertz CT molecular complexity index is 1690. The standard InChI is InChI=1S/C47H61NO4/c1-3-5-7-9-11-13-15-17-19-23-33-48(34-24-20-18-16-14-12-10-8-6-4-2)38-30-27-36(28-31-38)43-41-32-29-37(35-42(41)52-47(43)51)44-45(49)39-25-21-22-26-40(39)46(44)50/h21-22,25-32,35H,3-20,23-24,33-34H2,1-2H3. The Hall–Kier alpha value is -3.99. The van der Waals surface area contributed by atoms with Crippen molar-refractivity contribution in [2.45, 2.75) is 142 Å². The molecule has 0 radical (unpaired) electrons. The zero-order valence-electron chi connectivity index (χ0n) is 32.0. The fourth-order valence-electron chi connectivity index (χ4n) is 7.81. The first-order valence-electron chi connectivity index (χ1n) is 20.7. The number of Topliss-reactive ketones (excluding diaryl/α,β-unsaturated/α-hetero) is 2. The molecule has 5 nitrogen and oxygen atoms in total. The van der Waals surface area contributed by atoms with Crippen molar-refractivity contribution in [2.24, 2.45) is 0 Å². The number of ketones is 2. The fraction of sp³-hybridized carbons (Fsp3) is 0.511. The van der Waals surface area contributed by atoms with Gasteiger partial charge in [0.25, 0.3) is 0 Å². The molecule has 0 aromatic heterocycles. The molecule has 0 unspecified atom stereocenters. The Kier molecular flexibility index (Phi) is 15.8. The third kappa shape index (κ3) is 10.5. The maximum absolute atomic E-state index is 13.2. The molecule has 1 aliphatic heterocycles. The van der Waals surface area contributed by atoms with E-state index in [2.05, 4.69) is 30.9 Å². The monoisotopic (exact) mass is 703 g/mol. The average molecular weight is 704 g/mol. The molecule has 0 fully saturated rings. The van der Waals surface area contributed by atoms with Crippen molar-refractivity contribution < 1.29 is 19.1 Å². The Balaban J connectivity index is 1.22. The van der Waals surface area contributed by atoms with Crippen LogP contribution in [0, 0.1) is 0 Å². The first-order chi connectivity index (χ1) is 25.5. The molecule has 3 aromatic carbocycles. The van der Waals surface area contributed by atoms with E-state index in [0.29, 0.717) is 32.9 Å². The molecule has 3 aromatic rings. The van der Waals surface area contributed by atoms with E-state index in [-0.39, 0.29) is 17.1 Å². The lowest BCUT2D eigenvalue weighted by Crippen LogP contribution is -2.25. The van der Waals surface area contributed by atoms with Crippen molar-refractivity contribution >= 4 is 34.4 Å². The molecule has 0 saturated heterocycles. The smallest absolute Gasteiger partial charge is 0.344 e. The van der Waals surface area contributed by atoms with Gasteiger partial charge in [-0.1, -0.05) is 172 Å². The maximum Gasteiger partial charge on any atom is 0.344 e. The maximum atomic E-state index is 13.2. The largest absolute Gasteiger partial charge is 0.422 e. The predicted octanol–water partition coefficient (Wildman–Crippen LogP) is 10.7. The summed E-state index contributed by atoms with van der Waals surface area (Å²) in [5, 5.41) is 1.16. The third-order valence-electron chi connectivity index (χ3n) is 10.9. The molecule has 278 valence electrons. The highest BCUT2D eigenvalue weighted by atomic mass is 16.5. The van der Waals surface area contributed by atoms with Gasteiger partial charge in [0.2, 0.25) is 0 Å². The van der Waals surface area contributed by atoms with Crippen LogP contribution < -0.4 is 20.1 Å². The van der Waals surface area contributed by atoms with Crippen molar-refractivity contribution in [1.82, 2.24) is 0 Å². The first kappa shape index (κ1) is 39.2. The molecular formula is C47H61NO4. The van der Waals surface area contributed by atoms with E-state index in [1.165, 1.54) is 134 Å². The van der Waals surface area contributed by atoms with E-state index in [9.17, 15) is 14.4 Å². The Morgan fingerprint density at radius 1 is 0.500 bits per heavy atom. The van der Waals surface area contributed by atoms with Crippen LogP contribution in [0.3, 0.4) is 0 Å². The van der Waals surface area contributed by atoms with Crippen LogP contribution in [-0.2, 0) is 4.79 Å². The van der Waals surface area contributed by atoms with Gasteiger partial charge in [-0.05, 0) is 47.9 Å². The predicted molar refractivity (Wildman–Crippen MR) is 215 cm³/mol. The number of hydrogen-bond donors (Lipinski definition) is 0. The molecule has 5 rings (SSSR count). The molecular weight excluding hydrogens is 643 g/mol. The minimum atomic E-state index is -0.412. The molecule has 5 heteroatoms. The number of esters is 1. The number of unbranched alkanes of at least 4 members (excludes halogenated alkanes) is 18. The van der Waals surface area contributed by atoms with Crippen LogP contribution in [0.2, 0.25) is 0 Å². The molecule has 0 saturated carbocycles. The highest BCUT2D eigenvalue weighted by Crippen LogP contribution is 2.28. The number of carbonyl (C=O) groups excluding carboxylic acids is 3. The topological polar surface area (TPSA) is 63.7 Å². The molecule has 1 heterocycles. The molecule has 0 amide bonds. The van der Waals surface area contributed by atoms with Crippen molar-refractivity contribution in [1.29, 1.82) is 0 Å². The van der Waals surface area contributed by atoms with E-state index in [1.54, 1.807) is 42.5 Å². The fourth-order valence-corrected chi connectivity index (χ4v) is 7.81. The Morgan fingerprint density at radius 3 is 1.44 bits per heavy atom. The van der Waals surface area contributed by atoms with Crippen LogP contribution in [0.1, 0.15) is 169 Å². The summed E-state index contributed by atoms with van der Waals surface area (Å²) in [7, 11) is 0. The number of anilines is 1. The van der Waals surface area contributed by atoms with Crippen LogP contribution in [0.5, 0.6) is 5.75 Å². The van der Waals surface area contributed by atoms with Gasteiger partial charge < -0.3 is 9.64 Å². The van der Waals surface area contributed by atoms with Crippen molar-refractivity contribution in [3.05, 3.63) is 93.9 Å². The van der Waals surface area contributed by atoms with Gasteiger partial charge in [0, 0.05) is 35.1 Å². The Morgan fingerprint density at radius 2 is 0.962 bits per heavy atom. The molecule has 52 heavy (non-hydrogen) atoms. The first-order valence-corrected chi connectivity index (χ1v) is 20.7. The van der Waals surface area contributed by atoms with Gasteiger partial charge in [0.1, 0.15) is 5.75 Å². The lowest BCUT2D eigenvalue weighted by atomic mass is 10.0. The number of rotatable bonds is 24. The summed E-state index contributed by atoms with van der Waals surface area (Å²) >= 11 is 0. The zero-order chi connectivity index (χ0) is 36.5. The van der Waals surface area contributed by atoms with E-state index < -0.39 is 5.97 Å². The molecule has 0 bridgehead atoms. The van der Waals surface area contributed by atoms with Gasteiger partial charge in [-0.2, -0.15) is 0 Å². The van der Waals surface area contributed by atoms with Crippen molar-refractivity contribution in [3.63, 3.8) is 0 Å². The van der Waals surface area contributed by atoms with Gasteiger partial charge >= 0.3 is 5.97 Å². The van der Waals surface area contributed by atoms with Gasteiger partial charge in [-0.25, -0.2) is 4.79 Å². The molecule has 0 N–H and O–H groups in total. The average Bonchev–Trinajstić information content (AvgIpc) is 3.63. The minimum absolute atomic E-state index is 0.128. The second kappa shape index (κ2) is 20.9. The van der Waals surface area contributed by atoms with E-state index in [4.69, 9.17) is 4.74 Å². The number of fused-ring (bicyclic) bond motifs is 2. The normalized spacial score (nSPS) is 13.5. The van der Waals surface area contributed by atoms with Crippen LogP contribution in [0.4, 0.5) is 5.69 Å². The van der Waals surface area contributed by atoms with Crippen LogP contribution in [0.25, 0.3) is 11.1 Å². The van der Waals surface area contributed by atoms with E-state index >= 15 is 0 Å². The van der Waals surface area contributed by atoms with Gasteiger partial charge in [0.15, 0.2) is 11.6 Å². The van der Waals surface area contributed by atoms with Gasteiger partial charge in [-0.3, -0.25) is 9.59 Å². The lowest BCUT2D eigenvalue weighted by Gasteiger charge is -2.25. The highest BCUT2D eigenvalue weighted by Gasteiger charge is 2.33. The summed E-state index contributed by atoms with van der Waals surface area (Å²) in [6, 6.07) is 20.5. The van der Waals surface area contributed by atoms with E-state index in [0.717, 1.165) is 18.7 Å². The number of benzene rings is 3. The van der Waals surface area contributed by atoms with Crippen LogP contribution >= 0.6 is 0 Å². The number of hydrogen-bond acceptors (Lipinski definition) is 5. The minimum Gasteiger partial charge on any atom is -0.422 e. The molecule has 0 atom stereocenters. The quantitative estimate of drug-likeness (QED) is 0.0528. The lowest BCUT2D eigenvalue weighted by molar-refractivity contribution is -0.127. The van der Waals surface area contributed by atoms with Gasteiger partial charge in [-0.15, -0.1) is 0 Å². The van der Waals surface area contributed by atoms with Crippen LogP contribution in [-0.4, -0.2) is 30.6 Å². The molecule has 0 spiro atoms. The summed E-state index contributed by atoms with van der Waals surface area (Å²) in [5.41, 5.74) is 3.49. The summed E-state index contributed by atoms with van der Waals surface area (Å²) < 4.78 is 5.71.